The SMILES string of the molecule is CC(C)N(CCOc1cnccc1CNC1CC1)C(C)C. The molecule has 0 amide bonds. The highest BCUT2D eigenvalue weighted by molar-refractivity contribution is 5.29. The summed E-state index contributed by atoms with van der Waals surface area (Å²) in [6.07, 6.45) is 6.28. The largest absolute Gasteiger partial charge is 0.490 e. The van der Waals surface area contributed by atoms with Gasteiger partial charge in [-0.25, -0.2) is 0 Å². The van der Waals surface area contributed by atoms with Crippen molar-refractivity contribution in [2.24, 2.45) is 0 Å². The Kier molecular flexibility index (Phi) is 6.00. The van der Waals surface area contributed by atoms with Gasteiger partial charge in [0.15, 0.2) is 0 Å². The van der Waals surface area contributed by atoms with Crippen LogP contribution in [0, 0.1) is 0 Å². The van der Waals surface area contributed by atoms with E-state index >= 15 is 0 Å². The normalized spacial score (nSPS) is 15.2. The van der Waals surface area contributed by atoms with Crippen molar-refractivity contribution in [3.05, 3.63) is 24.0 Å². The number of hydrogen-bond donors (Lipinski definition) is 1. The summed E-state index contributed by atoms with van der Waals surface area (Å²) in [4.78, 5) is 6.63. The molecule has 1 saturated carbocycles. The topological polar surface area (TPSA) is 37.4 Å². The van der Waals surface area contributed by atoms with Crippen molar-refractivity contribution >= 4 is 0 Å². The molecule has 1 fully saturated rings. The van der Waals surface area contributed by atoms with Gasteiger partial charge in [-0.05, 0) is 46.6 Å². The van der Waals surface area contributed by atoms with Crippen LogP contribution in [0.3, 0.4) is 0 Å². The first-order valence-corrected chi connectivity index (χ1v) is 8.12. The Labute approximate surface area is 128 Å². The summed E-state index contributed by atoms with van der Waals surface area (Å²) in [5.74, 6) is 0.915. The molecule has 1 N–H and O–H groups in total. The van der Waals surface area contributed by atoms with Gasteiger partial charge < -0.3 is 10.1 Å². The van der Waals surface area contributed by atoms with Crippen LogP contribution in [-0.2, 0) is 6.54 Å². The monoisotopic (exact) mass is 291 g/mol. The number of nitrogens with zero attached hydrogens (tertiary/aromatic N) is 2. The molecule has 1 aliphatic carbocycles. The van der Waals surface area contributed by atoms with Crippen LogP contribution in [0.2, 0.25) is 0 Å². The van der Waals surface area contributed by atoms with Crippen LogP contribution in [0.5, 0.6) is 5.75 Å². The lowest BCUT2D eigenvalue weighted by Gasteiger charge is -2.30. The molecule has 4 nitrogen and oxygen atoms in total. The van der Waals surface area contributed by atoms with Crippen LogP contribution in [-0.4, -0.2) is 41.2 Å². The van der Waals surface area contributed by atoms with Crippen LogP contribution >= 0.6 is 0 Å². The molecule has 1 aliphatic rings. The lowest BCUT2D eigenvalue weighted by molar-refractivity contribution is 0.141. The van der Waals surface area contributed by atoms with Gasteiger partial charge >= 0.3 is 0 Å². The van der Waals surface area contributed by atoms with Crippen molar-refractivity contribution in [2.75, 3.05) is 13.2 Å². The van der Waals surface area contributed by atoms with E-state index in [0.29, 0.717) is 24.7 Å². The van der Waals surface area contributed by atoms with Crippen molar-refractivity contribution in [1.29, 1.82) is 0 Å². The highest BCUT2D eigenvalue weighted by Gasteiger charge is 2.20. The van der Waals surface area contributed by atoms with Gasteiger partial charge in [0.25, 0.3) is 0 Å². The molecule has 1 aromatic rings. The maximum atomic E-state index is 5.98. The van der Waals surface area contributed by atoms with E-state index in [-0.39, 0.29) is 0 Å². The molecule has 0 unspecified atom stereocenters. The van der Waals surface area contributed by atoms with Crippen LogP contribution in [0.1, 0.15) is 46.1 Å². The zero-order valence-electron chi connectivity index (χ0n) is 13.8. The number of ether oxygens (including phenoxy) is 1. The zero-order chi connectivity index (χ0) is 15.2. The molecule has 4 heteroatoms. The molecule has 0 spiro atoms. The first kappa shape index (κ1) is 16.2. The molecule has 0 aliphatic heterocycles. The minimum Gasteiger partial charge on any atom is -0.490 e. The third-order valence-electron chi connectivity index (χ3n) is 3.96. The second-order valence-corrected chi connectivity index (χ2v) is 6.41. The number of hydrogen-bond acceptors (Lipinski definition) is 4. The van der Waals surface area contributed by atoms with Crippen molar-refractivity contribution in [3.63, 3.8) is 0 Å². The summed E-state index contributed by atoms with van der Waals surface area (Å²) >= 11 is 0. The average molecular weight is 291 g/mol. The van der Waals surface area contributed by atoms with Gasteiger partial charge in [0, 0.05) is 43.0 Å². The third kappa shape index (κ3) is 5.29. The second kappa shape index (κ2) is 7.76. The Bertz CT molecular complexity index is 422. The molecule has 0 bridgehead atoms. The van der Waals surface area contributed by atoms with Crippen molar-refractivity contribution < 1.29 is 4.74 Å². The van der Waals surface area contributed by atoms with Gasteiger partial charge in [-0.2, -0.15) is 0 Å². The average Bonchev–Trinajstić information content (AvgIpc) is 3.25. The first-order valence-electron chi connectivity index (χ1n) is 8.12. The van der Waals surface area contributed by atoms with Crippen LogP contribution in [0.15, 0.2) is 18.5 Å². The van der Waals surface area contributed by atoms with Gasteiger partial charge in [-0.3, -0.25) is 9.88 Å². The van der Waals surface area contributed by atoms with Gasteiger partial charge in [-0.1, -0.05) is 0 Å². The van der Waals surface area contributed by atoms with Gasteiger partial charge in [-0.15, -0.1) is 0 Å². The highest BCUT2D eigenvalue weighted by atomic mass is 16.5. The second-order valence-electron chi connectivity index (χ2n) is 6.41. The van der Waals surface area contributed by atoms with E-state index in [1.54, 1.807) is 0 Å². The van der Waals surface area contributed by atoms with Crippen LogP contribution < -0.4 is 10.1 Å². The van der Waals surface area contributed by atoms with Crippen molar-refractivity contribution in [3.8, 4) is 5.75 Å². The number of pyridine rings is 1. The molecule has 2 rings (SSSR count). The van der Waals surface area contributed by atoms with Crippen LogP contribution in [0.4, 0.5) is 0 Å². The molecule has 0 saturated heterocycles. The summed E-state index contributed by atoms with van der Waals surface area (Å²) in [7, 11) is 0. The van der Waals surface area contributed by atoms with E-state index in [9.17, 15) is 0 Å². The van der Waals surface area contributed by atoms with Crippen molar-refractivity contribution in [1.82, 2.24) is 15.2 Å². The molecule has 1 aromatic heterocycles. The zero-order valence-corrected chi connectivity index (χ0v) is 13.8. The molecular formula is C17H29N3O. The summed E-state index contributed by atoms with van der Waals surface area (Å²) in [6, 6.07) is 3.84. The summed E-state index contributed by atoms with van der Waals surface area (Å²) in [5.41, 5.74) is 1.21. The Morgan fingerprint density at radius 1 is 1.29 bits per heavy atom. The van der Waals surface area contributed by atoms with E-state index in [4.69, 9.17) is 4.74 Å². The quantitative estimate of drug-likeness (QED) is 0.759. The molecule has 21 heavy (non-hydrogen) atoms. The predicted molar refractivity (Wildman–Crippen MR) is 86.6 cm³/mol. The minimum absolute atomic E-state index is 0.540. The molecule has 118 valence electrons. The van der Waals surface area contributed by atoms with E-state index < -0.39 is 0 Å². The van der Waals surface area contributed by atoms with Crippen LogP contribution in [0.25, 0.3) is 0 Å². The standard InChI is InChI=1S/C17H29N3O/c1-13(2)20(14(3)4)9-10-21-17-12-18-8-7-15(17)11-19-16-5-6-16/h7-8,12-14,16,19H,5-6,9-11H2,1-4H3. The molecule has 0 radical (unpaired) electrons. The van der Waals surface area contributed by atoms with E-state index in [0.717, 1.165) is 18.8 Å². The number of aromatic nitrogens is 1. The van der Waals surface area contributed by atoms with Gasteiger partial charge in [0.1, 0.15) is 12.4 Å². The van der Waals surface area contributed by atoms with E-state index in [2.05, 4.69) is 42.9 Å². The van der Waals surface area contributed by atoms with E-state index in [1.165, 1.54) is 18.4 Å². The molecule has 0 aromatic carbocycles. The Morgan fingerprint density at radius 3 is 2.62 bits per heavy atom. The summed E-state index contributed by atoms with van der Waals surface area (Å²) in [5, 5.41) is 3.53. The minimum atomic E-state index is 0.540. The van der Waals surface area contributed by atoms with Crippen molar-refractivity contribution in [2.45, 2.75) is 65.2 Å². The number of nitrogens with one attached hydrogen (secondary N) is 1. The maximum absolute atomic E-state index is 5.98. The molecular weight excluding hydrogens is 262 g/mol. The Morgan fingerprint density at radius 2 is 2.00 bits per heavy atom. The Hall–Kier alpha value is -1.13. The number of rotatable bonds is 9. The predicted octanol–water partition coefficient (Wildman–Crippen LogP) is 2.83. The molecule has 0 atom stereocenters. The smallest absolute Gasteiger partial charge is 0.142 e. The lowest BCUT2D eigenvalue weighted by atomic mass is 10.2. The summed E-state index contributed by atoms with van der Waals surface area (Å²) in [6.45, 7) is 11.5. The third-order valence-corrected chi connectivity index (χ3v) is 3.96. The highest BCUT2D eigenvalue weighted by Crippen LogP contribution is 2.22. The molecule has 1 heterocycles. The van der Waals surface area contributed by atoms with Gasteiger partial charge in [0.05, 0.1) is 6.20 Å². The van der Waals surface area contributed by atoms with Gasteiger partial charge in [0.2, 0.25) is 0 Å². The Balaban J connectivity index is 1.84. The summed E-state index contributed by atoms with van der Waals surface area (Å²) < 4.78 is 5.98. The maximum Gasteiger partial charge on any atom is 0.142 e. The first-order chi connectivity index (χ1) is 10.1. The lowest BCUT2D eigenvalue weighted by Crippen LogP contribution is -2.39. The van der Waals surface area contributed by atoms with E-state index in [1.807, 2.05) is 18.5 Å². The fourth-order valence-corrected chi connectivity index (χ4v) is 2.60. The fourth-order valence-electron chi connectivity index (χ4n) is 2.60. The fraction of sp³-hybridized carbons (Fsp3) is 0.706.